The predicted octanol–water partition coefficient (Wildman–Crippen LogP) is 1.46. The lowest BCUT2D eigenvalue weighted by molar-refractivity contribution is 0.0969. The van der Waals surface area contributed by atoms with Gasteiger partial charge < -0.3 is 10.6 Å². The molecule has 1 fully saturated rings. The Bertz CT molecular complexity index is 132. The lowest BCUT2D eigenvalue weighted by Crippen LogP contribution is -2.41. The monoisotopic (exact) mass is 170 g/mol. The van der Waals surface area contributed by atoms with Gasteiger partial charge in [0.25, 0.3) is 0 Å². The van der Waals surface area contributed by atoms with Crippen molar-refractivity contribution in [2.75, 3.05) is 26.7 Å². The smallest absolute Gasteiger partial charge is 0.00353 e. The molecule has 12 heavy (non-hydrogen) atoms. The molecule has 1 saturated heterocycles. The van der Waals surface area contributed by atoms with Crippen LogP contribution in [0.5, 0.6) is 0 Å². The van der Waals surface area contributed by atoms with Crippen LogP contribution in [0.2, 0.25) is 0 Å². The van der Waals surface area contributed by atoms with E-state index >= 15 is 0 Å². The van der Waals surface area contributed by atoms with Gasteiger partial charge in [0.05, 0.1) is 0 Å². The summed E-state index contributed by atoms with van der Waals surface area (Å²) < 4.78 is 0. The first-order valence-electron chi connectivity index (χ1n) is 5.11. The molecule has 0 aromatic carbocycles. The highest BCUT2D eigenvalue weighted by Gasteiger charge is 2.31. The minimum absolute atomic E-state index is 0.543. The Morgan fingerprint density at radius 3 is 2.75 bits per heavy atom. The minimum Gasteiger partial charge on any atom is -0.330 e. The molecule has 0 spiro atoms. The van der Waals surface area contributed by atoms with Crippen molar-refractivity contribution >= 4 is 0 Å². The van der Waals surface area contributed by atoms with E-state index in [0.717, 1.165) is 6.54 Å². The van der Waals surface area contributed by atoms with Crippen molar-refractivity contribution in [1.82, 2.24) is 4.90 Å². The molecular weight excluding hydrogens is 148 g/mol. The Morgan fingerprint density at radius 2 is 2.25 bits per heavy atom. The quantitative estimate of drug-likeness (QED) is 0.695. The maximum absolute atomic E-state index is 5.65. The van der Waals surface area contributed by atoms with Crippen molar-refractivity contribution in [3.8, 4) is 0 Å². The molecule has 1 aliphatic heterocycles. The molecule has 2 N–H and O–H groups in total. The molecule has 0 amide bonds. The fourth-order valence-corrected chi connectivity index (χ4v) is 2.43. The summed E-state index contributed by atoms with van der Waals surface area (Å²) >= 11 is 0. The highest BCUT2D eigenvalue weighted by molar-refractivity contribution is 4.85. The Kier molecular flexibility index (Phi) is 3.53. The predicted molar refractivity (Wildman–Crippen MR) is 53.1 cm³/mol. The number of rotatable bonds is 3. The zero-order valence-corrected chi connectivity index (χ0v) is 8.47. The van der Waals surface area contributed by atoms with Crippen molar-refractivity contribution < 1.29 is 0 Å². The van der Waals surface area contributed by atoms with Crippen molar-refractivity contribution in [1.29, 1.82) is 0 Å². The van der Waals surface area contributed by atoms with Crippen LogP contribution >= 0.6 is 0 Å². The molecule has 1 aliphatic rings. The second kappa shape index (κ2) is 4.24. The second-order valence-corrected chi connectivity index (χ2v) is 4.23. The third-order valence-corrected chi connectivity index (χ3v) is 3.28. The van der Waals surface area contributed by atoms with Crippen LogP contribution in [0, 0.1) is 5.41 Å². The fourth-order valence-electron chi connectivity index (χ4n) is 2.43. The molecule has 1 unspecified atom stereocenters. The van der Waals surface area contributed by atoms with Gasteiger partial charge in [-0.05, 0) is 51.2 Å². The number of hydrogen-bond donors (Lipinski definition) is 1. The van der Waals surface area contributed by atoms with Crippen molar-refractivity contribution in [3.05, 3.63) is 0 Å². The number of piperidine rings is 1. The molecule has 1 heterocycles. The number of nitrogens with zero attached hydrogens (tertiary/aromatic N) is 1. The van der Waals surface area contributed by atoms with Crippen molar-refractivity contribution in [2.45, 2.75) is 32.6 Å². The van der Waals surface area contributed by atoms with Crippen LogP contribution in [-0.2, 0) is 0 Å². The van der Waals surface area contributed by atoms with Gasteiger partial charge in [-0.2, -0.15) is 0 Å². The van der Waals surface area contributed by atoms with Gasteiger partial charge in [-0.15, -0.1) is 0 Å². The Balaban J connectivity index is 2.51. The maximum atomic E-state index is 5.65. The summed E-state index contributed by atoms with van der Waals surface area (Å²) in [6, 6.07) is 0. The second-order valence-electron chi connectivity index (χ2n) is 4.23. The van der Waals surface area contributed by atoms with Gasteiger partial charge >= 0.3 is 0 Å². The first-order valence-corrected chi connectivity index (χ1v) is 5.11. The molecule has 2 nitrogen and oxygen atoms in total. The fraction of sp³-hybridized carbons (Fsp3) is 1.00. The van der Waals surface area contributed by atoms with Gasteiger partial charge in [0.1, 0.15) is 0 Å². The average molecular weight is 170 g/mol. The summed E-state index contributed by atoms with van der Waals surface area (Å²) in [5, 5.41) is 0. The lowest BCUT2D eigenvalue weighted by Gasteiger charge is -2.41. The van der Waals surface area contributed by atoms with E-state index in [1.807, 2.05) is 0 Å². The van der Waals surface area contributed by atoms with Crippen LogP contribution in [0.15, 0.2) is 0 Å². The van der Waals surface area contributed by atoms with Crippen LogP contribution in [0.3, 0.4) is 0 Å². The van der Waals surface area contributed by atoms with Gasteiger partial charge in [0.2, 0.25) is 0 Å². The zero-order chi connectivity index (χ0) is 9.03. The Hall–Kier alpha value is -0.0800. The Labute approximate surface area is 76.1 Å². The average Bonchev–Trinajstić information content (AvgIpc) is 2.05. The van der Waals surface area contributed by atoms with E-state index in [1.165, 1.54) is 38.8 Å². The van der Waals surface area contributed by atoms with E-state index in [-0.39, 0.29) is 0 Å². The first kappa shape index (κ1) is 10.0. The molecule has 1 rings (SSSR count). The van der Waals surface area contributed by atoms with Crippen LogP contribution < -0.4 is 5.73 Å². The van der Waals surface area contributed by atoms with Crippen LogP contribution in [0.4, 0.5) is 0 Å². The Morgan fingerprint density at radius 1 is 1.50 bits per heavy atom. The normalized spacial score (nSPS) is 32.2. The topological polar surface area (TPSA) is 29.3 Å². The summed E-state index contributed by atoms with van der Waals surface area (Å²) in [7, 11) is 2.22. The van der Waals surface area contributed by atoms with E-state index in [1.54, 1.807) is 0 Å². The third-order valence-electron chi connectivity index (χ3n) is 3.28. The highest BCUT2D eigenvalue weighted by atomic mass is 15.1. The summed E-state index contributed by atoms with van der Waals surface area (Å²) in [5.41, 5.74) is 6.19. The molecule has 0 aliphatic carbocycles. The van der Waals surface area contributed by atoms with Gasteiger partial charge in [-0.25, -0.2) is 0 Å². The van der Waals surface area contributed by atoms with E-state index in [2.05, 4.69) is 18.9 Å². The molecule has 0 bridgehead atoms. The molecular formula is C10H22N2. The lowest BCUT2D eigenvalue weighted by atomic mass is 9.75. The maximum Gasteiger partial charge on any atom is 0.00353 e. The molecule has 0 aromatic rings. The van der Waals surface area contributed by atoms with E-state index in [4.69, 9.17) is 5.73 Å². The summed E-state index contributed by atoms with van der Waals surface area (Å²) in [4.78, 5) is 2.45. The number of nitrogens with two attached hydrogens (primary N) is 1. The molecule has 0 radical (unpaired) electrons. The van der Waals surface area contributed by atoms with E-state index < -0.39 is 0 Å². The minimum atomic E-state index is 0.543. The molecule has 2 heteroatoms. The van der Waals surface area contributed by atoms with Gasteiger partial charge in [-0.3, -0.25) is 0 Å². The van der Waals surface area contributed by atoms with E-state index in [9.17, 15) is 0 Å². The van der Waals surface area contributed by atoms with Gasteiger partial charge in [-0.1, -0.05) is 6.92 Å². The largest absolute Gasteiger partial charge is 0.330 e. The molecule has 1 atom stereocenters. The first-order chi connectivity index (χ1) is 5.72. The number of hydrogen-bond acceptors (Lipinski definition) is 2. The third kappa shape index (κ3) is 2.20. The molecule has 72 valence electrons. The summed E-state index contributed by atoms with van der Waals surface area (Å²) in [6.45, 7) is 5.67. The summed E-state index contributed by atoms with van der Waals surface area (Å²) in [5.74, 6) is 0. The van der Waals surface area contributed by atoms with Crippen LogP contribution in [0.1, 0.15) is 32.6 Å². The highest BCUT2D eigenvalue weighted by Crippen LogP contribution is 2.35. The van der Waals surface area contributed by atoms with Crippen molar-refractivity contribution in [2.24, 2.45) is 11.1 Å². The van der Waals surface area contributed by atoms with Gasteiger partial charge in [0.15, 0.2) is 0 Å². The molecule has 0 saturated carbocycles. The van der Waals surface area contributed by atoms with Crippen LogP contribution in [-0.4, -0.2) is 31.6 Å². The summed E-state index contributed by atoms with van der Waals surface area (Å²) in [6.07, 6.45) is 5.22. The SMILES string of the molecule is CCC1(CCN)CCCN(C)C1. The van der Waals surface area contributed by atoms with Gasteiger partial charge in [0, 0.05) is 6.54 Å². The van der Waals surface area contributed by atoms with E-state index in [0.29, 0.717) is 5.41 Å². The van der Waals surface area contributed by atoms with Crippen LogP contribution in [0.25, 0.3) is 0 Å². The number of likely N-dealkylation sites (tertiary alicyclic amines) is 1. The standard InChI is InChI=1S/C10H22N2/c1-3-10(6-7-11)5-4-8-12(2)9-10/h3-9,11H2,1-2H3. The zero-order valence-electron chi connectivity index (χ0n) is 8.47. The molecule has 0 aromatic heterocycles. The van der Waals surface area contributed by atoms with Crippen molar-refractivity contribution in [3.63, 3.8) is 0 Å².